The van der Waals surface area contributed by atoms with Crippen LogP contribution in [0.4, 0.5) is 0 Å². The molecule has 1 N–H and O–H groups in total. The van der Waals surface area contributed by atoms with Gasteiger partial charge in [0.05, 0.1) is 11.8 Å². The van der Waals surface area contributed by atoms with Crippen LogP contribution in [0.3, 0.4) is 0 Å². The van der Waals surface area contributed by atoms with Crippen molar-refractivity contribution < 1.29 is 9.21 Å². The van der Waals surface area contributed by atoms with Gasteiger partial charge in [0.2, 0.25) is 0 Å². The molecule has 0 saturated heterocycles. The van der Waals surface area contributed by atoms with Crippen molar-refractivity contribution in [3.05, 3.63) is 77.8 Å². The van der Waals surface area contributed by atoms with E-state index < -0.39 is 0 Å². The minimum Gasteiger partial charge on any atom is -0.472 e. The van der Waals surface area contributed by atoms with Crippen molar-refractivity contribution in [2.75, 3.05) is 26.2 Å². The first kappa shape index (κ1) is 19.1. The summed E-state index contributed by atoms with van der Waals surface area (Å²) in [4.78, 5) is 14.4. The van der Waals surface area contributed by atoms with Crippen molar-refractivity contribution in [2.45, 2.75) is 19.4 Å². The lowest BCUT2D eigenvalue weighted by molar-refractivity contribution is 0.0953. The summed E-state index contributed by atoms with van der Waals surface area (Å²) < 4.78 is 7.14. The molecule has 4 rings (SSSR count). The largest absolute Gasteiger partial charge is 0.472 e. The molecule has 2 aromatic heterocycles. The molecular weight excluding hydrogens is 366 g/mol. The summed E-state index contributed by atoms with van der Waals surface area (Å²) in [7, 11) is 0. The summed E-state index contributed by atoms with van der Waals surface area (Å²) in [5, 5.41) is 11.6. The van der Waals surface area contributed by atoms with Crippen molar-refractivity contribution in [1.29, 1.82) is 0 Å². The summed E-state index contributed by atoms with van der Waals surface area (Å²) in [5.41, 5.74) is 1.75. The Morgan fingerprint density at radius 2 is 2.03 bits per heavy atom. The molecule has 0 unspecified atom stereocenters. The van der Waals surface area contributed by atoms with Gasteiger partial charge in [0, 0.05) is 45.6 Å². The second-order valence-corrected chi connectivity index (χ2v) is 7.07. The van der Waals surface area contributed by atoms with E-state index in [1.165, 1.54) is 18.1 Å². The van der Waals surface area contributed by atoms with Gasteiger partial charge in [-0.25, -0.2) is 0 Å². The van der Waals surface area contributed by atoms with Gasteiger partial charge < -0.3 is 14.3 Å². The predicted octanol–water partition coefficient (Wildman–Crippen LogP) is 2.42. The molecule has 29 heavy (non-hydrogen) atoms. The molecule has 0 atom stereocenters. The molecule has 1 aliphatic rings. The van der Waals surface area contributed by atoms with Crippen LogP contribution in [0.25, 0.3) is 6.08 Å². The van der Waals surface area contributed by atoms with Gasteiger partial charge in [0.25, 0.3) is 5.91 Å². The lowest BCUT2D eigenvalue weighted by Crippen LogP contribution is -2.28. The lowest BCUT2D eigenvalue weighted by Gasteiger charge is -2.17. The second kappa shape index (κ2) is 9.34. The zero-order valence-electron chi connectivity index (χ0n) is 16.3. The summed E-state index contributed by atoms with van der Waals surface area (Å²) in [6, 6.07) is 12.0. The fourth-order valence-electron chi connectivity index (χ4n) is 3.48. The van der Waals surface area contributed by atoms with Crippen LogP contribution in [-0.4, -0.2) is 51.8 Å². The summed E-state index contributed by atoms with van der Waals surface area (Å²) in [5.74, 6) is 1.82. The molecule has 7 heteroatoms. The third-order valence-corrected chi connectivity index (χ3v) is 5.09. The molecule has 1 aromatic carbocycles. The van der Waals surface area contributed by atoms with E-state index in [0.717, 1.165) is 44.2 Å². The average molecular weight is 391 g/mol. The highest BCUT2D eigenvalue weighted by atomic mass is 16.3. The lowest BCUT2D eigenvalue weighted by atomic mass is 10.2. The number of rotatable bonds is 7. The van der Waals surface area contributed by atoms with Gasteiger partial charge in [0.15, 0.2) is 0 Å². The smallest absolute Gasteiger partial charge is 0.254 e. The van der Waals surface area contributed by atoms with Gasteiger partial charge in [0.1, 0.15) is 17.9 Å². The first-order valence-electron chi connectivity index (χ1n) is 9.95. The number of nitrogens with zero attached hydrogens (tertiary/aromatic N) is 4. The molecule has 3 aromatic rings. The Bertz CT molecular complexity index is 947. The molecular formula is C22H25N5O2. The monoisotopic (exact) mass is 391 g/mol. The van der Waals surface area contributed by atoms with E-state index in [1.54, 1.807) is 6.07 Å². The van der Waals surface area contributed by atoms with Crippen LogP contribution in [0.5, 0.6) is 0 Å². The van der Waals surface area contributed by atoms with Crippen molar-refractivity contribution in [3.63, 3.8) is 0 Å². The Balaban J connectivity index is 1.27. The fourth-order valence-corrected chi connectivity index (χ4v) is 3.48. The SMILES string of the molecule is O=C(NCCc1nnc2n1CCN(C/C=C/c1ccccc1)CC2)c1ccoc1. The van der Waals surface area contributed by atoms with Gasteiger partial charge in [-0.15, -0.1) is 10.2 Å². The van der Waals surface area contributed by atoms with E-state index in [9.17, 15) is 4.79 Å². The Hall–Kier alpha value is -3.19. The van der Waals surface area contributed by atoms with Crippen LogP contribution >= 0.6 is 0 Å². The molecule has 0 spiro atoms. The van der Waals surface area contributed by atoms with Gasteiger partial charge in [-0.3, -0.25) is 9.69 Å². The van der Waals surface area contributed by atoms with Crippen LogP contribution in [0.1, 0.15) is 27.6 Å². The Morgan fingerprint density at radius 3 is 2.86 bits per heavy atom. The molecule has 0 aliphatic carbocycles. The molecule has 150 valence electrons. The number of nitrogens with one attached hydrogen (secondary N) is 1. The molecule has 3 heterocycles. The average Bonchev–Trinajstić information content (AvgIpc) is 3.37. The normalized spacial score (nSPS) is 14.6. The molecule has 0 fully saturated rings. The van der Waals surface area contributed by atoms with E-state index >= 15 is 0 Å². The Morgan fingerprint density at radius 1 is 1.14 bits per heavy atom. The van der Waals surface area contributed by atoms with Crippen LogP contribution in [0.15, 0.2) is 59.4 Å². The van der Waals surface area contributed by atoms with Crippen molar-refractivity contribution in [3.8, 4) is 0 Å². The standard InChI is InChI=1S/C22H25N5O2/c28-22(19-10-16-29-17-19)23-11-8-20-24-25-21-9-13-26(14-15-27(20)21)12-4-7-18-5-2-1-3-6-18/h1-7,10,16-17H,8-9,11-15H2,(H,23,28)/b7-4+. The maximum Gasteiger partial charge on any atom is 0.254 e. The second-order valence-electron chi connectivity index (χ2n) is 7.07. The van der Waals surface area contributed by atoms with Crippen molar-refractivity contribution in [1.82, 2.24) is 25.0 Å². The summed E-state index contributed by atoms with van der Waals surface area (Å²) >= 11 is 0. The van der Waals surface area contributed by atoms with E-state index in [2.05, 4.69) is 61.4 Å². The van der Waals surface area contributed by atoms with E-state index in [1.807, 2.05) is 6.07 Å². The Labute approximate surface area is 170 Å². The first-order chi connectivity index (χ1) is 14.3. The number of carbonyl (C=O) groups is 1. The van der Waals surface area contributed by atoms with Crippen LogP contribution < -0.4 is 5.32 Å². The highest BCUT2D eigenvalue weighted by Gasteiger charge is 2.18. The number of amides is 1. The summed E-state index contributed by atoms with van der Waals surface area (Å²) in [6.07, 6.45) is 8.86. The molecule has 1 amide bonds. The zero-order chi connectivity index (χ0) is 19.9. The maximum absolute atomic E-state index is 12.0. The van der Waals surface area contributed by atoms with Gasteiger partial charge >= 0.3 is 0 Å². The van der Waals surface area contributed by atoms with Gasteiger partial charge in [-0.2, -0.15) is 0 Å². The van der Waals surface area contributed by atoms with Crippen molar-refractivity contribution >= 4 is 12.0 Å². The van der Waals surface area contributed by atoms with Crippen LogP contribution in [-0.2, 0) is 19.4 Å². The molecule has 0 bridgehead atoms. The highest BCUT2D eigenvalue weighted by molar-refractivity contribution is 5.93. The summed E-state index contributed by atoms with van der Waals surface area (Å²) in [6.45, 7) is 4.23. The number of benzene rings is 1. The van der Waals surface area contributed by atoms with Crippen molar-refractivity contribution in [2.24, 2.45) is 0 Å². The third-order valence-electron chi connectivity index (χ3n) is 5.09. The zero-order valence-corrected chi connectivity index (χ0v) is 16.3. The minimum absolute atomic E-state index is 0.134. The van der Waals surface area contributed by atoms with E-state index in [4.69, 9.17) is 4.42 Å². The molecule has 1 aliphatic heterocycles. The number of fused-ring (bicyclic) bond motifs is 1. The molecule has 0 radical (unpaired) electrons. The number of hydrogen-bond acceptors (Lipinski definition) is 5. The fraction of sp³-hybridized carbons (Fsp3) is 0.318. The number of furan rings is 1. The number of carbonyl (C=O) groups excluding carboxylic acids is 1. The quantitative estimate of drug-likeness (QED) is 0.669. The maximum atomic E-state index is 12.0. The molecule has 7 nitrogen and oxygen atoms in total. The van der Waals surface area contributed by atoms with E-state index in [0.29, 0.717) is 18.5 Å². The van der Waals surface area contributed by atoms with Crippen LogP contribution in [0, 0.1) is 0 Å². The highest BCUT2D eigenvalue weighted by Crippen LogP contribution is 2.11. The van der Waals surface area contributed by atoms with Gasteiger partial charge in [-0.1, -0.05) is 42.5 Å². The third kappa shape index (κ3) is 5.00. The topological polar surface area (TPSA) is 76.2 Å². The van der Waals surface area contributed by atoms with Gasteiger partial charge in [-0.05, 0) is 11.6 Å². The van der Waals surface area contributed by atoms with Crippen LogP contribution in [0.2, 0.25) is 0 Å². The minimum atomic E-state index is -0.134. The molecule has 0 saturated carbocycles. The van der Waals surface area contributed by atoms with E-state index in [-0.39, 0.29) is 5.91 Å². The Kier molecular flexibility index (Phi) is 6.16. The number of aromatic nitrogens is 3. The predicted molar refractivity (Wildman–Crippen MR) is 110 cm³/mol. The number of hydrogen-bond donors (Lipinski definition) is 1. The first-order valence-corrected chi connectivity index (χ1v) is 9.95.